The van der Waals surface area contributed by atoms with E-state index in [-0.39, 0.29) is 6.10 Å². The van der Waals surface area contributed by atoms with Gasteiger partial charge in [0, 0.05) is 5.56 Å². The Morgan fingerprint density at radius 2 is 1.70 bits per heavy atom. The van der Waals surface area contributed by atoms with Crippen molar-refractivity contribution < 1.29 is 14.6 Å². The minimum atomic E-state index is -0.911. The molecule has 2 aromatic rings. The van der Waals surface area contributed by atoms with Gasteiger partial charge in [0.15, 0.2) is 0 Å². The normalized spacial score (nSPS) is 10.6. The monoisotopic (exact) mass is 270 g/mol. The number of carbonyl (C=O) groups is 1. The Labute approximate surface area is 118 Å². The van der Waals surface area contributed by atoms with E-state index in [1.807, 2.05) is 51.1 Å². The number of hydrogen-bond acceptors (Lipinski definition) is 2. The van der Waals surface area contributed by atoms with Crippen LogP contribution in [0.5, 0.6) is 5.75 Å². The molecule has 3 heteroatoms. The van der Waals surface area contributed by atoms with Gasteiger partial charge in [-0.25, -0.2) is 4.79 Å². The van der Waals surface area contributed by atoms with Gasteiger partial charge in [0.2, 0.25) is 0 Å². The molecule has 0 spiro atoms. The second-order valence-corrected chi connectivity index (χ2v) is 4.95. The van der Waals surface area contributed by atoms with E-state index in [1.165, 1.54) is 0 Å². The van der Waals surface area contributed by atoms with E-state index in [2.05, 4.69) is 0 Å². The smallest absolute Gasteiger partial charge is 0.335 e. The van der Waals surface area contributed by atoms with Crippen molar-refractivity contribution >= 4 is 5.97 Å². The van der Waals surface area contributed by atoms with Gasteiger partial charge >= 0.3 is 5.97 Å². The Kier molecular flexibility index (Phi) is 4.08. The highest BCUT2D eigenvalue weighted by molar-refractivity contribution is 5.92. The molecular formula is C17H18O3. The van der Waals surface area contributed by atoms with Crippen molar-refractivity contribution in [2.75, 3.05) is 0 Å². The molecule has 0 aliphatic heterocycles. The molecule has 3 nitrogen and oxygen atoms in total. The number of carboxylic acids is 1. The van der Waals surface area contributed by atoms with Gasteiger partial charge in [0.25, 0.3) is 0 Å². The third-order valence-corrected chi connectivity index (χ3v) is 3.10. The molecule has 1 N–H and O–H groups in total. The summed E-state index contributed by atoms with van der Waals surface area (Å²) < 4.78 is 5.81. The molecule has 0 atom stereocenters. The first-order valence-corrected chi connectivity index (χ1v) is 6.59. The fourth-order valence-electron chi connectivity index (χ4n) is 2.20. The Morgan fingerprint density at radius 3 is 2.35 bits per heavy atom. The first-order chi connectivity index (χ1) is 9.50. The maximum absolute atomic E-state index is 11.2. The molecule has 0 aliphatic carbocycles. The molecule has 2 rings (SSSR count). The predicted molar refractivity (Wildman–Crippen MR) is 79.3 cm³/mol. The molecule has 0 amide bonds. The van der Waals surface area contributed by atoms with Crippen LogP contribution >= 0.6 is 0 Å². The zero-order valence-electron chi connectivity index (χ0n) is 11.9. The van der Waals surface area contributed by atoms with E-state index in [1.54, 1.807) is 12.1 Å². The van der Waals surface area contributed by atoms with E-state index >= 15 is 0 Å². The first-order valence-electron chi connectivity index (χ1n) is 6.59. The maximum atomic E-state index is 11.2. The lowest BCUT2D eigenvalue weighted by molar-refractivity contribution is 0.0696. The highest BCUT2D eigenvalue weighted by Gasteiger charge is 2.14. The van der Waals surface area contributed by atoms with Crippen LogP contribution in [0.4, 0.5) is 0 Å². The van der Waals surface area contributed by atoms with Crippen LogP contribution < -0.4 is 4.74 Å². The van der Waals surface area contributed by atoms with E-state index < -0.39 is 5.97 Å². The minimum Gasteiger partial charge on any atom is -0.490 e. The van der Waals surface area contributed by atoms with Crippen molar-refractivity contribution in [3.63, 3.8) is 0 Å². The number of hydrogen-bond donors (Lipinski definition) is 1. The number of ether oxygens (including phenoxy) is 1. The lowest BCUT2D eigenvalue weighted by Crippen LogP contribution is -2.07. The van der Waals surface area contributed by atoms with Gasteiger partial charge in [-0.1, -0.05) is 30.3 Å². The van der Waals surface area contributed by atoms with Gasteiger partial charge in [0.05, 0.1) is 11.7 Å². The molecule has 0 unspecified atom stereocenters. The summed E-state index contributed by atoms with van der Waals surface area (Å²) in [5, 5.41) is 9.22. The van der Waals surface area contributed by atoms with Gasteiger partial charge in [-0.2, -0.15) is 0 Å². The van der Waals surface area contributed by atoms with Gasteiger partial charge in [0.1, 0.15) is 5.75 Å². The molecule has 0 aromatic heterocycles. The van der Waals surface area contributed by atoms with Gasteiger partial charge in [-0.3, -0.25) is 0 Å². The third kappa shape index (κ3) is 2.82. The lowest BCUT2D eigenvalue weighted by atomic mass is 9.96. The molecule has 0 saturated heterocycles. The average molecular weight is 270 g/mol. The molecule has 0 bridgehead atoms. The summed E-state index contributed by atoms with van der Waals surface area (Å²) in [6, 6.07) is 13.0. The van der Waals surface area contributed by atoms with Crippen LogP contribution in [0, 0.1) is 6.92 Å². The maximum Gasteiger partial charge on any atom is 0.335 e. The summed E-state index contributed by atoms with van der Waals surface area (Å²) in [6.45, 7) is 5.76. The quantitative estimate of drug-likeness (QED) is 0.907. The summed E-state index contributed by atoms with van der Waals surface area (Å²) in [4.78, 5) is 11.2. The average Bonchev–Trinajstić information content (AvgIpc) is 2.39. The van der Waals surface area contributed by atoms with Crippen LogP contribution in [-0.4, -0.2) is 17.2 Å². The summed E-state index contributed by atoms with van der Waals surface area (Å²) in [6.07, 6.45) is 0.0686. The van der Waals surface area contributed by atoms with Crippen molar-refractivity contribution in [2.45, 2.75) is 26.9 Å². The Hall–Kier alpha value is -2.29. The van der Waals surface area contributed by atoms with E-state index in [9.17, 15) is 9.90 Å². The van der Waals surface area contributed by atoms with Crippen molar-refractivity contribution in [2.24, 2.45) is 0 Å². The zero-order valence-corrected chi connectivity index (χ0v) is 11.9. The Bertz CT molecular complexity index is 630. The van der Waals surface area contributed by atoms with Crippen LogP contribution in [-0.2, 0) is 0 Å². The molecule has 0 aliphatic rings. The van der Waals surface area contributed by atoms with E-state index in [4.69, 9.17) is 4.74 Å². The van der Waals surface area contributed by atoms with Crippen molar-refractivity contribution in [3.05, 3.63) is 53.6 Å². The lowest BCUT2D eigenvalue weighted by Gasteiger charge is -2.16. The van der Waals surface area contributed by atoms with Crippen LogP contribution in [0.1, 0.15) is 29.8 Å². The van der Waals surface area contributed by atoms with Gasteiger partial charge in [-0.05, 0) is 44.0 Å². The van der Waals surface area contributed by atoms with Crippen LogP contribution in [0.15, 0.2) is 42.5 Å². The second-order valence-electron chi connectivity index (χ2n) is 4.95. The number of benzene rings is 2. The fraction of sp³-hybridized carbons (Fsp3) is 0.235. The largest absolute Gasteiger partial charge is 0.490 e. The molecule has 0 heterocycles. The molecule has 20 heavy (non-hydrogen) atoms. The van der Waals surface area contributed by atoms with Crippen molar-refractivity contribution in [3.8, 4) is 16.9 Å². The van der Waals surface area contributed by atoms with Gasteiger partial charge in [-0.15, -0.1) is 0 Å². The summed E-state index contributed by atoms with van der Waals surface area (Å²) in [7, 11) is 0. The SMILES string of the molecule is Cc1c(C(=O)O)cccc1-c1ccccc1OC(C)C. The van der Waals surface area contributed by atoms with Crippen LogP contribution in [0.2, 0.25) is 0 Å². The summed E-state index contributed by atoms with van der Waals surface area (Å²) in [5.74, 6) is -0.139. The van der Waals surface area contributed by atoms with Gasteiger partial charge < -0.3 is 9.84 Å². The number of aromatic carboxylic acids is 1. The van der Waals surface area contributed by atoms with Crippen molar-refractivity contribution in [1.82, 2.24) is 0 Å². The highest BCUT2D eigenvalue weighted by atomic mass is 16.5. The summed E-state index contributed by atoms with van der Waals surface area (Å²) >= 11 is 0. The molecule has 0 fully saturated rings. The molecular weight excluding hydrogens is 252 g/mol. The second kappa shape index (κ2) is 5.78. The standard InChI is InChI=1S/C17H18O3/c1-11(2)20-16-10-5-4-7-15(16)13-8-6-9-14(12(13)3)17(18)19/h4-11H,1-3H3,(H,18,19). The zero-order chi connectivity index (χ0) is 14.7. The summed E-state index contributed by atoms with van der Waals surface area (Å²) in [5.41, 5.74) is 2.88. The fourth-order valence-corrected chi connectivity index (χ4v) is 2.20. The third-order valence-electron chi connectivity index (χ3n) is 3.10. The van der Waals surface area contributed by atoms with E-state index in [0.717, 1.165) is 22.4 Å². The minimum absolute atomic E-state index is 0.0686. The Balaban J connectivity index is 2.57. The van der Waals surface area contributed by atoms with Crippen LogP contribution in [0.3, 0.4) is 0 Å². The van der Waals surface area contributed by atoms with Crippen LogP contribution in [0.25, 0.3) is 11.1 Å². The van der Waals surface area contributed by atoms with E-state index in [0.29, 0.717) is 5.56 Å². The highest BCUT2D eigenvalue weighted by Crippen LogP contribution is 2.33. The molecule has 104 valence electrons. The van der Waals surface area contributed by atoms with Crippen molar-refractivity contribution in [1.29, 1.82) is 0 Å². The first kappa shape index (κ1) is 14.1. The molecule has 0 radical (unpaired) electrons. The molecule has 2 aromatic carbocycles. The predicted octanol–water partition coefficient (Wildman–Crippen LogP) is 4.15. The topological polar surface area (TPSA) is 46.5 Å². The molecule has 0 saturated carbocycles. The number of rotatable bonds is 4. The number of para-hydroxylation sites is 1. The Morgan fingerprint density at radius 1 is 1.05 bits per heavy atom. The number of carboxylic acid groups (broad SMARTS) is 1.